The second-order valence-electron chi connectivity index (χ2n) is 14.6. The molecule has 4 aromatic rings. The summed E-state index contributed by atoms with van der Waals surface area (Å²) >= 11 is 0. The third kappa shape index (κ3) is 31.2. The quantitative estimate of drug-likeness (QED) is 0.0472. The summed E-state index contributed by atoms with van der Waals surface area (Å²) < 4.78 is 68.2. The van der Waals surface area contributed by atoms with E-state index in [0.717, 1.165) is 40.3 Å². The predicted octanol–water partition coefficient (Wildman–Crippen LogP) is 9.68. The number of methoxy groups -OCH3 is 1. The van der Waals surface area contributed by atoms with Crippen LogP contribution in [0.1, 0.15) is 99.4 Å². The van der Waals surface area contributed by atoms with E-state index in [2.05, 4.69) is 70.1 Å². The Bertz CT molecular complexity index is 1910. The van der Waals surface area contributed by atoms with Crippen molar-refractivity contribution in [2.24, 2.45) is 0 Å². The standard InChI is InChI=1S/2C12H19O3PS.2C7H9N.C4H7O2.C2H4O2.CH4.2Pd/c2*1-9(2)16(10(3)4)11-7-5-6-8-12(11)17(13,14)15;2*1-6-4-3-5-7(2)8-6;1-3-4(5)6-2;1-2(3)4;;;/h2*5-10H,1-4H3,(H,13,14,15);2*3-5H,1-2H3;3H,1-2H3;1H3,(H,3,4);1H4;;/q;;;;-1;;;;/p+2. The Kier molecular flexibility index (Phi) is 39.5. The first-order valence-electron chi connectivity index (χ1n) is 19.4. The van der Waals surface area contributed by atoms with Gasteiger partial charge in [0.1, 0.15) is 20.4 Å². The number of carbonyl (C=O) groups excluding carboxylic acids is 1. The molecule has 4 rings (SSSR count). The van der Waals surface area contributed by atoms with Gasteiger partial charge in [-0.3, -0.25) is 35.1 Å². The third-order valence-corrected chi connectivity index (χ3v) is 17.2. The first-order chi connectivity index (χ1) is 27.6. The van der Waals surface area contributed by atoms with Crippen LogP contribution in [0, 0.1) is 34.1 Å². The maximum Gasteiger partial charge on any atom is 0.300 e. The molecule has 0 aliphatic rings. The number of rotatable bonds is 9. The molecule has 2 heterocycles. The number of pyridine rings is 2. The van der Waals surface area contributed by atoms with Crippen LogP contribution in [0.25, 0.3) is 0 Å². The largest absolute Gasteiger partial charge is 0.491 e. The molecule has 2 aromatic carbocycles. The molecule has 63 heavy (non-hydrogen) atoms. The molecule has 0 radical (unpaired) electrons. The number of esters is 1. The van der Waals surface area contributed by atoms with Crippen molar-refractivity contribution in [1.29, 1.82) is 0 Å². The third-order valence-electron chi connectivity index (χ3n) is 7.93. The molecule has 0 amide bonds. The zero-order chi connectivity index (χ0) is 47.0. The van der Waals surface area contributed by atoms with E-state index < -0.39 is 42.0 Å². The number of carboxylic acids is 1. The topological polar surface area (TPSA) is 198 Å². The smallest absolute Gasteiger partial charge is 0.300 e. The van der Waals surface area contributed by atoms with Crippen molar-refractivity contribution in [2.75, 3.05) is 7.11 Å². The van der Waals surface area contributed by atoms with Crippen molar-refractivity contribution < 1.29 is 86.2 Å². The van der Waals surface area contributed by atoms with Crippen LogP contribution in [0.5, 0.6) is 0 Å². The first kappa shape index (κ1) is 69.6. The molecule has 0 unspecified atom stereocenters. The van der Waals surface area contributed by atoms with Crippen molar-refractivity contribution in [3.05, 3.63) is 114 Å². The molecule has 3 N–H and O–H groups in total. The number of nitrogens with zero attached hydrogens (tertiary/aromatic N) is 2. The Hall–Kier alpha value is -2.45. The summed E-state index contributed by atoms with van der Waals surface area (Å²) in [5.74, 6) is -1.12. The van der Waals surface area contributed by atoms with Crippen molar-refractivity contribution >= 4 is 58.6 Å². The normalized spacial score (nSPS) is 10.3. The Balaban J connectivity index is -0.000000226. The number of hydrogen-bond donors (Lipinski definition) is 3. The van der Waals surface area contributed by atoms with E-state index in [1.807, 2.05) is 88.4 Å². The van der Waals surface area contributed by atoms with E-state index >= 15 is 0 Å². The molecule has 0 spiro atoms. The van der Waals surface area contributed by atoms with Crippen LogP contribution in [0.15, 0.2) is 94.7 Å². The Morgan fingerprint density at radius 1 is 0.571 bits per heavy atom. The molecule has 0 aliphatic heterocycles. The number of aliphatic carboxylic acids is 1. The van der Waals surface area contributed by atoms with Gasteiger partial charge in [0.25, 0.3) is 26.2 Å². The van der Waals surface area contributed by atoms with Crippen molar-refractivity contribution in [2.45, 2.75) is 137 Å². The molecule has 364 valence electrons. The molecular weight excluding hydrogens is 1070 g/mol. The van der Waals surface area contributed by atoms with Gasteiger partial charge in [-0.05, 0) is 132 Å². The van der Waals surface area contributed by atoms with Crippen LogP contribution in [0.3, 0.4) is 0 Å². The van der Waals surface area contributed by atoms with E-state index in [4.69, 9.17) is 9.90 Å². The first-order valence-corrected chi connectivity index (χ1v) is 25.6. The zero-order valence-corrected chi connectivity index (χ0v) is 45.3. The maximum absolute atomic E-state index is 11.4. The van der Waals surface area contributed by atoms with Crippen LogP contribution in [0.2, 0.25) is 0 Å². The van der Waals surface area contributed by atoms with Gasteiger partial charge in [-0.2, -0.15) is 23.8 Å². The molecule has 2 aromatic heterocycles. The van der Waals surface area contributed by atoms with Crippen LogP contribution < -0.4 is 10.6 Å². The number of benzene rings is 2. The molecule has 0 fully saturated rings. The van der Waals surface area contributed by atoms with Crippen molar-refractivity contribution in [3.8, 4) is 0 Å². The molecule has 0 saturated carbocycles. The van der Waals surface area contributed by atoms with Gasteiger partial charge in [0.05, 0.1) is 29.7 Å². The van der Waals surface area contributed by atoms with E-state index in [-0.39, 0.29) is 64.0 Å². The molecule has 0 saturated heterocycles. The van der Waals surface area contributed by atoms with Crippen LogP contribution in [-0.2, 0) is 75.4 Å². The fourth-order valence-electron chi connectivity index (χ4n) is 5.91. The minimum Gasteiger partial charge on any atom is -0.491 e. The molecular formula is C45H73N2O10P2Pd2S2+. The summed E-state index contributed by atoms with van der Waals surface area (Å²) in [7, 11) is -8.91. The van der Waals surface area contributed by atoms with Gasteiger partial charge in [0.15, 0.2) is 5.97 Å². The Morgan fingerprint density at radius 2 is 0.810 bits per heavy atom. The van der Waals surface area contributed by atoms with Gasteiger partial charge in [-0.1, -0.05) is 43.8 Å². The van der Waals surface area contributed by atoms with E-state index in [9.17, 15) is 30.7 Å². The fourth-order valence-corrected chi connectivity index (χ4v) is 15.1. The monoisotopic (exact) mass is 1140 g/mol. The second-order valence-corrected chi connectivity index (χ2v) is 24.9. The predicted molar refractivity (Wildman–Crippen MR) is 258 cm³/mol. The maximum atomic E-state index is 11.4. The van der Waals surface area contributed by atoms with Crippen LogP contribution >= 0.6 is 15.8 Å². The number of aryl methyl sites for hydroxylation is 4. The van der Waals surface area contributed by atoms with Gasteiger partial charge in [-0.15, -0.1) is 0 Å². The molecule has 0 bridgehead atoms. The Morgan fingerprint density at radius 3 is 0.952 bits per heavy atom. The summed E-state index contributed by atoms with van der Waals surface area (Å²) in [5.41, 5.74) is 6.03. The van der Waals surface area contributed by atoms with Gasteiger partial charge in [0, 0.05) is 86.4 Å². The number of carbonyl (C=O) groups is 2. The summed E-state index contributed by atoms with van der Waals surface area (Å²) in [4.78, 5) is 27.4. The average Bonchev–Trinajstić information content (AvgIpc) is 3.11. The summed E-state index contributed by atoms with van der Waals surface area (Å²) in [6.07, 6.45) is 1.36. The van der Waals surface area contributed by atoms with Gasteiger partial charge in [0.2, 0.25) is 0 Å². The van der Waals surface area contributed by atoms with Crippen LogP contribution in [0.4, 0.5) is 0 Å². The molecule has 0 atom stereocenters. The van der Waals surface area contributed by atoms with E-state index in [1.54, 1.807) is 19.1 Å². The summed E-state index contributed by atoms with van der Waals surface area (Å²) in [6.45, 7) is 27.5. The van der Waals surface area contributed by atoms with Crippen molar-refractivity contribution in [1.82, 2.24) is 9.97 Å². The average molecular weight is 1140 g/mol. The van der Waals surface area contributed by atoms with Gasteiger partial charge >= 0.3 is 0 Å². The SMILES string of the molecule is C.CC(=O)O.CC(C)[PH+](c1ccccc1S(=O)(=O)O)C(C)C.CC(C)[PH+](c1ccccc1S(=O)(=O)O)C(C)C.C[CH-]C(=O)OC.Cc1cccc(C)n1.Cc1cccc(C)n1.[Pd].[Pd]. The minimum atomic E-state index is -4.12. The zero-order valence-electron chi connectivity index (χ0n) is 38.5. The van der Waals surface area contributed by atoms with E-state index in [0.29, 0.717) is 22.6 Å². The molecule has 12 nitrogen and oxygen atoms in total. The minimum absolute atomic E-state index is 0. The van der Waals surface area contributed by atoms with E-state index in [1.165, 1.54) is 25.7 Å². The number of hydrogen-bond acceptors (Lipinski definition) is 9. The number of aromatic nitrogens is 2. The fraction of sp³-hybridized carbons (Fsp3) is 0.444. The van der Waals surface area contributed by atoms with Crippen LogP contribution in [-0.4, -0.2) is 82.7 Å². The van der Waals surface area contributed by atoms with Gasteiger partial charge < -0.3 is 9.84 Å². The van der Waals surface area contributed by atoms with Gasteiger partial charge in [-0.25, -0.2) is 0 Å². The van der Waals surface area contributed by atoms with Crippen molar-refractivity contribution in [3.63, 3.8) is 0 Å². The molecule has 0 aliphatic carbocycles. The number of carboxylic acid groups (broad SMARTS) is 1. The second kappa shape index (κ2) is 35.8. The Labute approximate surface area is 410 Å². The molecule has 18 heteroatoms. The summed E-state index contributed by atoms with van der Waals surface area (Å²) in [5, 5.41) is 9.04. The summed E-state index contributed by atoms with van der Waals surface area (Å²) in [6, 6.07) is 25.6. The number of ether oxygens (including phenoxy) is 1.